The van der Waals surface area contributed by atoms with Crippen molar-refractivity contribution in [3.05, 3.63) is 12.2 Å². The number of aliphatic hydroxyl groups is 1. The summed E-state index contributed by atoms with van der Waals surface area (Å²) >= 11 is 0. The molecule has 0 aromatic carbocycles. The summed E-state index contributed by atoms with van der Waals surface area (Å²) in [6.45, 7) is 5.35. The van der Waals surface area contributed by atoms with Gasteiger partial charge in [-0.05, 0) is 51.1 Å². The van der Waals surface area contributed by atoms with E-state index in [4.69, 9.17) is 0 Å². The Morgan fingerprint density at radius 3 is 2.81 bits per heavy atom. The fraction of sp³-hybridized carbons (Fsp3) is 0.812. The molecule has 120 valence electrons. The fourth-order valence-corrected chi connectivity index (χ4v) is 2.97. The van der Waals surface area contributed by atoms with Crippen molar-refractivity contribution in [2.45, 2.75) is 51.2 Å². The monoisotopic (exact) mass is 295 g/mol. The Labute approximate surface area is 127 Å². The average Bonchev–Trinajstić information content (AvgIpc) is 2.49. The van der Waals surface area contributed by atoms with Crippen molar-refractivity contribution in [2.75, 3.05) is 26.2 Å². The Morgan fingerprint density at radius 1 is 1.38 bits per heavy atom. The number of carbonyl (C=O) groups excluding carboxylic acids is 1. The standard InChI is InChI=1S/C16H29N3O2/c1-13-7-9-19(10-8-13)12-15(20)11-17-16(21)18-14-5-3-2-4-6-14/h3,5,13-15,20H,2,4,6-12H2,1H3,(H2,17,18,21). The highest BCUT2D eigenvalue weighted by Gasteiger charge is 2.19. The van der Waals surface area contributed by atoms with Crippen LogP contribution in [0, 0.1) is 5.92 Å². The van der Waals surface area contributed by atoms with E-state index < -0.39 is 6.10 Å². The van der Waals surface area contributed by atoms with Crippen molar-refractivity contribution in [1.82, 2.24) is 15.5 Å². The number of nitrogens with zero attached hydrogens (tertiary/aromatic N) is 1. The summed E-state index contributed by atoms with van der Waals surface area (Å²) in [6.07, 6.45) is 9.30. The SMILES string of the molecule is CC1CCN(CC(O)CNC(=O)NC2C=CCCC2)CC1. The summed E-state index contributed by atoms with van der Waals surface area (Å²) < 4.78 is 0. The van der Waals surface area contributed by atoms with Gasteiger partial charge < -0.3 is 20.6 Å². The van der Waals surface area contributed by atoms with Gasteiger partial charge in [-0.15, -0.1) is 0 Å². The Morgan fingerprint density at radius 2 is 2.14 bits per heavy atom. The van der Waals surface area contributed by atoms with E-state index in [-0.39, 0.29) is 12.1 Å². The number of carbonyl (C=O) groups is 1. The number of urea groups is 1. The lowest BCUT2D eigenvalue weighted by Gasteiger charge is -2.31. The molecule has 5 nitrogen and oxygen atoms in total. The Bertz CT molecular complexity index is 351. The first-order valence-corrected chi connectivity index (χ1v) is 8.25. The maximum Gasteiger partial charge on any atom is 0.315 e. The van der Waals surface area contributed by atoms with Gasteiger partial charge in [0.1, 0.15) is 0 Å². The number of rotatable bonds is 5. The van der Waals surface area contributed by atoms with Crippen molar-refractivity contribution in [1.29, 1.82) is 0 Å². The van der Waals surface area contributed by atoms with E-state index in [0.717, 1.165) is 38.3 Å². The number of allylic oxidation sites excluding steroid dienone is 1. The molecule has 1 heterocycles. The summed E-state index contributed by atoms with van der Waals surface area (Å²) in [5, 5.41) is 15.7. The molecule has 0 bridgehead atoms. The van der Waals surface area contributed by atoms with Crippen LogP contribution in [0.15, 0.2) is 12.2 Å². The van der Waals surface area contributed by atoms with Gasteiger partial charge in [-0.3, -0.25) is 0 Å². The lowest BCUT2D eigenvalue weighted by atomic mass is 9.99. The van der Waals surface area contributed by atoms with Gasteiger partial charge in [0.15, 0.2) is 0 Å². The topological polar surface area (TPSA) is 64.6 Å². The number of hydrogen-bond acceptors (Lipinski definition) is 3. The highest BCUT2D eigenvalue weighted by atomic mass is 16.3. The molecule has 0 radical (unpaired) electrons. The number of amides is 2. The average molecular weight is 295 g/mol. The number of hydrogen-bond donors (Lipinski definition) is 3. The smallest absolute Gasteiger partial charge is 0.315 e. The number of β-amino-alcohol motifs (C(OH)–C–C–N with tert-alkyl or cyclic N) is 1. The maximum atomic E-state index is 11.8. The van der Waals surface area contributed by atoms with E-state index in [1.165, 1.54) is 12.8 Å². The van der Waals surface area contributed by atoms with Gasteiger partial charge >= 0.3 is 6.03 Å². The summed E-state index contributed by atoms with van der Waals surface area (Å²) in [7, 11) is 0. The van der Waals surface area contributed by atoms with Crippen LogP contribution in [0.2, 0.25) is 0 Å². The molecule has 1 saturated heterocycles. The minimum atomic E-state index is -0.494. The van der Waals surface area contributed by atoms with Crippen LogP contribution in [0.4, 0.5) is 4.79 Å². The summed E-state index contributed by atoms with van der Waals surface area (Å²) in [5.74, 6) is 0.797. The number of likely N-dealkylation sites (tertiary alicyclic amines) is 1. The van der Waals surface area contributed by atoms with Crippen molar-refractivity contribution < 1.29 is 9.90 Å². The molecule has 21 heavy (non-hydrogen) atoms. The third-order valence-corrected chi connectivity index (χ3v) is 4.41. The van der Waals surface area contributed by atoms with Crippen molar-refractivity contribution in [3.63, 3.8) is 0 Å². The van der Waals surface area contributed by atoms with Crippen molar-refractivity contribution in [3.8, 4) is 0 Å². The van der Waals surface area contributed by atoms with Gasteiger partial charge in [-0.1, -0.05) is 19.1 Å². The number of aliphatic hydroxyl groups excluding tert-OH is 1. The molecule has 2 amide bonds. The summed E-state index contributed by atoms with van der Waals surface area (Å²) in [4.78, 5) is 14.1. The van der Waals surface area contributed by atoms with Crippen LogP contribution in [-0.4, -0.2) is 54.4 Å². The normalized spacial score (nSPS) is 25.5. The largest absolute Gasteiger partial charge is 0.390 e. The first-order chi connectivity index (χ1) is 10.1. The van der Waals surface area contributed by atoms with Gasteiger partial charge in [0.25, 0.3) is 0 Å². The summed E-state index contributed by atoms with van der Waals surface area (Å²) in [5.41, 5.74) is 0. The molecule has 2 aliphatic rings. The minimum absolute atomic E-state index is 0.138. The van der Waals surface area contributed by atoms with E-state index in [1.54, 1.807) is 0 Å². The molecule has 5 heteroatoms. The maximum absolute atomic E-state index is 11.8. The van der Waals surface area contributed by atoms with Gasteiger partial charge in [0.2, 0.25) is 0 Å². The molecule has 2 unspecified atom stereocenters. The van der Waals surface area contributed by atoms with Crippen LogP contribution in [-0.2, 0) is 0 Å². The predicted octanol–water partition coefficient (Wildman–Crippen LogP) is 1.49. The van der Waals surface area contributed by atoms with Gasteiger partial charge in [-0.2, -0.15) is 0 Å². The Kier molecular flexibility index (Phi) is 6.51. The molecule has 0 aromatic rings. The molecule has 2 atom stereocenters. The zero-order valence-corrected chi connectivity index (χ0v) is 13.1. The van der Waals surface area contributed by atoms with Gasteiger partial charge in [-0.25, -0.2) is 4.79 Å². The minimum Gasteiger partial charge on any atom is -0.390 e. The van der Waals surface area contributed by atoms with E-state index in [2.05, 4.69) is 34.6 Å². The van der Waals surface area contributed by atoms with Crippen LogP contribution in [0.5, 0.6) is 0 Å². The van der Waals surface area contributed by atoms with Crippen LogP contribution < -0.4 is 10.6 Å². The third kappa shape index (κ3) is 6.06. The van der Waals surface area contributed by atoms with Crippen molar-refractivity contribution >= 4 is 6.03 Å². The molecule has 1 aliphatic heterocycles. The molecule has 0 aromatic heterocycles. The molecule has 2 rings (SSSR count). The Hall–Kier alpha value is -1.07. The zero-order valence-electron chi connectivity index (χ0n) is 13.1. The van der Waals surface area contributed by atoms with Gasteiger partial charge in [0, 0.05) is 19.1 Å². The molecular formula is C16H29N3O2. The lowest BCUT2D eigenvalue weighted by Crippen LogP contribution is -2.47. The second-order valence-electron chi connectivity index (χ2n) is 6.46. The van der Waals surface area contributed by atoms with E-state index in [9.17, 15) is 9.90 Å². The molecule has 1 fully saturated rings. The summed E-state index contributed by atoms with van der Waals surface area (Å²) in [6, 6.07) is -0.0441. The molecule has 1 aliphatic carbocycles. The zero-order chi connectivity index (χ0) is 15.1. The number of piperidine rings is 1. The number of nitrogens with one attached hydrogen (secondary N) is 2. The molecule has 3 N–H and O–H groups in total. The van der Waals surface area contributed by atoms with Gasteiger partial charge in [0.05, 0.1) is 6.10 Å². The quantitative estimate of drug-likeness (QED) is 0.673. The van der Waals surface area contributed by atoms with Crippen LogP contribution in [0.25, 0.3) is 0 Å². The highest BCUT2D eigenvalue weighted by Crippen LogP contribution is 2.15. The second kappa shape index (κ2) is 8.39. The van der Waals surface area contributed by atoms with Crippen LogP contribution in [0.3, 0.4) is 0 Å². The van der Waals surface area contributed by atoms with E-state index in [0.29, 0.717) is 13.1 Å². The fourth-order valence-electron chi connectivity index (χ4n) is 2.97. The predicted molar refractivity (Wildman–Crippen MR) is 84.2 cm³/mol. The van der Waals surface area contributed by atoms with Crippen LogP contribution >= 0.6 is 0 Å². The first kappa shape index (κ1) is 16.3. The molecule has 0 saturated carbocycles. The second-order valence-corrected chi connectivity index (χ2v) is 6.46. The first-order valence-electron chi connectivity index (χ1n) is 8.25. The molecule has 0 spiro atoms. The van der Waals surface area contributed by atoms with E-state index in [1.807, 2.05) is 0 Å². The molecular weight excluding hydrogens is 266 g/mol. The highest BCUT2D eigenvalue weighted by molar-refractivity contribution is 5.74. The lowest BCUT2D eigenvalue weighted by molar-refractivity contribution is 0.0919. The van der Waals surface area contributed by atoms with E-state index >= 15 is 0 Å². The van der Waals surface area contributed by atoms with Crippen molar-refractivity contribution in [2.24, 2.45) is 5.92 Å². The third-order valence-electron chi connectivity index (χ3n) is 4.41. The Balaban J connectivity index is 1.59. The van der Waals surface area contributed by atoms with Crippen LogP contribution in [0.1, 0.15) is 39.0 Å².